The summed E-state index contributed by atoms with van der Waals surface area (Å²) >= 11 is 0. The summed E-state index contributed by atoms with van der Waals surface area (Å²) in [5.74, 6) is -3.30. The Balaban J connectivity index is 0.00000196. The third-order valence-electron chi connectivity index (χ3n) is 11.0. The van der Waals surface area contributed by atoms with Crippen LogP contribution >= 0.6 is 54.0 Å². The van der Waals surface area contributed by atoms with E-state index < -0.39 is 23.7 Å². The second-order valence-electron chi connectivity index (χ2n) is 14.4. The average molecular weight is 811 g/mol. The first-order chi connectivity index (χ1) is 24.1. The van der Waals surface area contributed by atoms with Crippen LogP contribution in [-0.2, 0) is 19.2 Å². The van der Waals surface area contributed by atoms with Crippen molar-refractivity contribution in [1.82, 2.24) is 20.4 Å². The van der Waals surface area contributed by atoms with Gasteiger partial charge in [-0.1, -0.05) is 60.7 Å². The van der Waals surface area contributed by atoms with Gasteiger partial charge in [0.2, 0.25) is 11.8 Å². The van der Waals surface area contributed by atoms with E-state index in [9.17, 15) is 28.8 Å². The lowest BCUT2D eigenvalue weighted by molar-refractivity contribution is -0.133. The summed E-state index contributed by atoms with van der Waals surface area (Å²) in [4.78, 5) is 81.9. The lowest BCUT2D eigenvalue weighted by atomic mass is 9.90. The van der Waals surface area contributed by atoms with E-state index in [1.54, 1.807) is 29.2 Å². The number of amides is 4. The molecule has 2 saturated carbocycles. The standard InChI is InChI=1S/C40H42N4O6.4H2S/c1-23(45)31-19-43(20-32(31)24(2)46)39(49)27-13-15-28(16-14-27)40(50)44-21-33(37(47)41-35-17-29(35)25-9-5-3-6-10-25)34(22-44)38(48)42-36-18-30(36)26-11-7-4-8-12-26;;;;/h3-16,29-36H,17-22H2,1-2H3,(H,41,47)(H,42,48);4*1H2/t29-,30-,31+,32+,33-,34-,35+,36+;;;;/m1..../s1. The molecule has 2 N–H and O–H groups in total. The van der Waals surface area contributed by atoms with Crippen molar-refractivity contribution >= 4 is 89.2 Å². The predicted octanol–water partition coefficient (Wildman–Crippen LogP) is 4.04. The molecule has 4 amide bonds. The largest absolute Gasteiger partial charge is 0.352 e. The number of rotatable bonds is 10. The van der Waals surface area contributed by atoms with Gasteiger partial charge in [0.05, 0.1) is 11.8 Å². The number of nitrogens with one attached hydrogen (secondary N) is 2. The zero-order chi connectivity index (χ0) is 35.1. The van der Waals surface area contributed by atoms with Gasteiger partial charge in [0, 0.05) is 73.1 Å². The van der Waals surface area contributed by atoms with Crippen molar-refractivity contribution < 1.29 is 28.8 Å². The predicted molar refractivity (Wildman–Crippen MR) is 227 cm³/mol. The number of Topliss-reactive ketones (excluding diaryl/α,β-unsaturated/α-hetero) is 2. The molecular formula is C40H50N4O6S4. The molecule has 10 nitrogen and oxygen atoms in total. The molecule has 0 aromatic heterocycles. The summed E-state index contributed by atoms with van der Waals surface area (Å²) in [6, 6.07) is 26.3. The van der Waals surface area contributed by atoms with E-state index >= 15 is 0 Å². The van der Waals surface area contributed by atoms with Crippen molar-refractivity contribution in [2.75, 3.05) is 26.2 Å². The van der Waals surface area contributed by atoms with Gasteiger partial charge in [0.15, 0.2) is 0 Å². The first-order valence-electron chi connectivity index (χ1n) is 17.5. The lowest BCUT2D eigenvalue weighted by Gasteiger charge is -2.18. The fourth-order valence-corrected chi connectivity index (χ4v) is 7.84. The molecule has 3 aromatic carbocycles. The molecule has 0 radical (unpaired) electrons. The average Bonchev–Trinajstić information content (AvgIpc) is 3.96. The maximum absolute atomic E-state index is 13.8. The Morgan fingerprint density at radius 2 is 0.796 bits per heavy atom. The van der Waals surface area contributed by atoms with Gasteiger partial charge < -0.3 is 20.4 Å². The van der Waals surface area contributed by atoms with Crippen molar-refractivity contribution in [1.29, 1.82) is 0 Å². The molecule has 2 aliphatic carbocycles. The van der Waals surface area contributed by atoms with Gasteiger partial charge in [-0.3, -0.25) is 28.8 Å². The number of carbonyl (C=O) groups is 6. The van der Waals surface area contributed by atoms with E-state index in [2.05, 4.69) is 34.9 Å². The Bertz CT molecular complexity index is 1740. The first-order valence-corrected chi connectivity index (χ1v) is 17.5. The van der Waals surface area contributed by atoms with Crippen molar-refractivity contribution in [2.24, 2.45) is 23.7 Å². The van der Waals surface area contributed by atoms with Crippen LogP contribution in [0.4, 0.5) is 0 Å². The molecular weight excluding hydrogens is 761 g/mol. The van der Waals surface area contributed by atoms with Crippen LogP contribution in [-0.4, -0.2) is 83.3 Å². The Labute approximate surface area is 344 Å². The van der Waals surface area contributed by atoms with E-state index in [1.807, 2.05) is 36.4 Å². The molecule has 54 heavy (non-hydrogen) atoms. The topological polar surface area (TPSA) is 133 Å². The van der Waals surface area contributed by atoms with Crippen LogP contribution in [0, 0.1) is 23.7 Å². The second kappa shape index (κ2) is 18.7. The Morgan fingerprint density at radius 3 is 1.11 bits per heavy atom. The van der Waals surface area contributed by atoms with Gasteiger partial charge in [-0.05, 0) is 62.1 Å². The Kier molecular flexibility index (Phi) is 15.5. The maximum Gasteiger partial charge on any atom is 0.253 e. The maximum atomic E-state index is 13.8. The summed E-state index contributed by atoms with van der Waals surface area (Å²) in [6.45, 7) is 3.45. The third-order valence-corrected chi connectivity index (χ3v) is 11.0. The zero-order valence-corrected chi connectivity index (χ0v) is 34.3. The lowest BCUT2D eigenvalue weighted by Crippen LogP contribution is -2.43. The summed E-state index contributed by atoms with van der Waals surface area (Å²) in [6.07, 6.45) is 1.66. The van der Waals surface area contributed by atoms with Gasteiger partial charge >= 0.3 is 0 Å². The van der Waals surface area contributed by atoms with E-state index in [0.29, 0.717) is 11.1 Å². The van der Waals surface area contributed by atoms with Crippen LogP contribution in [0.5, 0.6) is 0 Å². The number of carbonyl (C=O) groups excluding carboxylic acids is 6. The molecule has 4 fully saturated rings. The van der Waals surface area contributed by atoms with E-state index in [4.69, 9.17) is 0 Å². The number of likely N-dealkylation sites (tertiary alicyclic amines) is 2. The highest BCUT2D eigenvalue weighted by Gasteiger charge is 2.49. The molecule has 2 heterocycles. The van der Waals surface area contributed by atoms with Crippen molar-refractivity contribution in [2.45, 2.75) is 50.6 Å². The van der Waals surface area contributed by atoms with Gasteiger partial charge in [-0.15, -0.1) is 0 Å². The normalized spacial score (nSPS) is 26.0. The highest BCUT2D eigenvalue weighted by molar-refractivity contribution is 7.59. The number of hydrogen-bond donors (Lipinski definition) is 2. The summed E-state index contributed by atoms with van der Waals surface area (Å²) < 4.78 is 0. The molecule has 0 unspecified atom stereocenters. The number of ketones is 2. The van der Waals surface area contributed by atoms with E-state index in [-0.39, 0.29) is 139 Å². The minimum absolute atomic E-state index is 0. The Morgan fingerprint density at radius 1 is 0.481 bits per heavy atom. The van der Waals surface area contributed by atoms with Gasteiger partial charge in [-0.25, -0.2) is 0 Å². The monoisotopic (exact) mass is 810 g/mol. The third kappa shape index (κ3) is 9.55. The molecule has 0 bridgehead atoms. The molecule has 290 valence electrons. The summed E-state index contributed by atoms with van der Waals surface area (Å²) in [5.41, 5.74) is 3.02. The summed E-state index contributed by atoms with van der Waals surface area (Å²) in [5, 5.41) is 6.32. The molecule has 14 heteroatoms. The van der Waals surface area contributed by atoms with Gasteiger partial charge in [-0.2, -0.15) is 54.0 Å². The van der Waals surface area contributed by atoms with E-state index in [1.165, 1.54) is 29.9 Å². The van der Waals surface area contributed by atoms with E-state index in [0.717, 1.165) is 12.8 Å². The van der Waals surface area contributed by atoms with Crippen LogP contribution in [0.1, 0.15) is 70.4 Å². The SMILES string of the molecule is CC(=O)[C@@H]1CN(C(=O)c2ccc(C(=O)N3C[C@@H](C(=O)N[C@H]4C[C@@H]4c4ccccc4)[C@H](C(=O)N[C@H]4C[C@@H]4c4ccccc4)C3)cc2)C[C@H]1C(C)=O.S.S.S.S. The minimum atomic E-state index is -0.704. The quantitative estimate of drug-likeness (QED) is 0.318. The first kappa shape index (κ1) is 44.7. The Hall–Kier alpha value is -3.72. The minimum Gasteiger partial charge on any atom is -0.352 e. The number of benzene rings is 3. The summed E-state index contributed by atoms with van der Waals surface area (Å²) in [7, 11) is 0. The molecule has 0 spiro atoms. The molecule has 7 rings (SSSR count). The molecule has 8 atom stereocenters. The zero-order valence-electron chi connectivity index (χ0n) is 30.3. The highest BCUT2D eigenvalue weighted by Crippen LogP contribution is 2.42. The van der Waals surface area contributed by atoms with Crippen LogP contribution in [0.25, 0.3) is 0 Å². The number of nitrogens with zero attached hydrogens (tertiary/aromatic N) is 2. The smallest absolute Gasteiger partial charge is 0.253 e. The number of hydrogen-bond acceptors (Lipinski definition) is 6. The van der Waals surface area contributed by atoms with Crippen molar-refractivity contribution in [3.8, 4) is 0 Å². The van der Waals surface area contributed by atoms with Crippen LogP contribution in [0.3, 0.4) is 0 Å². The molecule has 2 saturated heterocycles. The van der Waals surface area contributed by atoms with Crippen molar-refractivity contribution in [3.05, 3.63) is 107 Å². The fraction of sp³-hybridized carbons (Fsp3) is 0.400. The fourth-order valence-electron chi connectivity index (χ4n) is 7.84. The van der Waals surface area contributed by atoms with Gasteiger partial charge in [0.1, 0.15) is 11.6 Å². The van der Waals surface area contributed by atoms with Crippen LogP contribution in [0.2, 0.25) is 0 Å². The van der Waals surface area contributed by atoms with Crippen molar-refractivity contribution in [3.63, 3.8) is 0 Å². The molecule has 2 aliphatic heterocycles. The second-order valence-corrected chi connectivity index (χ2v) is 14.4. The highest BCUT2D eigenvalue weighted by atomic mass is 32.1. The van der Waals surface area contributed by atoms with Crippen LogP contribution in [0.15, 0.2) is 84.9 Å². The van der Waals surface area contributed by atoms with Crippen LogP contribution < -0.4 is 10.6 Å². The molecule has 4 aliphatic rings. The van der Waals surface area contributed by atoms with Gasteiger partial charge in [0.25, 0.3) is 11.8 Å². The molecule has 3 aromatic rings.